The molecule has 15 heteroatoms. The minimum Gasteiger partial charge on any atom is -0.461 e. The van der Waals surface area contributed by atoms with E-state index < -0.39 is 50.4 Å². The summed E-state index contributed by atoms with van der Waals surface area (Å²) in [6, 6.07) is 5.69. The average molecular weight is 653 g/mol. The van der Waals surface area contributed by atoms with Crippen LogP contribution in [0.2, 0.25) is 0 Å². The van der Waals surface area contributed by atoms with Gasteiger partial charge in [-0.2, -0.15) is 23.1 Å². The highest BCUT2D eigenvalue weighted by Crippen LogP contribution is 2.43. The standard InChI is InChI=1S/C30H33F5N6O3S/c1-45(42,43)39-18-5-8-24(30(33,34)35)23(11-18)21-6-7-22-26(25(21)32)37-28(38-27(22)40-14-19-3-4-20(15-40)36-19)44-16-29-9-2-10-41(29)13-17(31)12-29/h5-8,11,17,19-20,36,39H,2-4,9-10,12-16H2,1H3/t17-,19-,20+,29+/m1/s1. The summed E-state index contributed by atoms with van der Waals surface area (Å²) in [7, 11) is -3.82. The number of ether oxygens (including phenoxy) is 1. The second-order valence-corrected chi connectivity index (χ2v) is 14.4. The van der Waals surface area contributed by atoms with Crippen molar-refractivity contribution in [1.82, 2.24) is 20.2 Å². The van der Waals surface area contributed by atoms with Crippen LogP contribution in [0.25, 0.3) is 22.0 Å². The van der Waals surface area contributed by atoms with Crippen LogP contribution in [0.15, 0.2) is 30.3 Å². The number of hydrogen-bond donors (Lipinski definition) is 2. The van der Waals surface area contributed by atoms with Crippen molar-refractivity contribution in [3.05, 3.63) is 41.7 Å². The second-order valence-electron chi connectivity index (χ2n) is 12.7. The molecule has 1 aromatic heterocycles. The fraction of sp³-hybridized carbons (Fsp3) is 0.533. The molecule has 0 aliphatic carbocycles. The van der Waals surface area contributed by atoms with Gasteiger partial charge < -0.3 is 15.0 Å². The Kier molecular flexibility index (Phi) is 7.36. The molecule has 9 nitrogen and oxygen atoms in total. The molecule has 0 radical (unpaired) electrons. The molecule has 5 heterocycles. The Morgan fingerprint density at radius 1 is 1.09 bits per heavy atom. The minimum absolute atomic E-state index is 0.101. The van der Waals surface area contributed by atoms with Gasteiger partial charge >= 0.3 is 12.2 Å². The first-order valence-electron chi connectivity index (χ1n) is 15.0. The van der Waals surface area contributed by atoms with Crippen LogP contribution in [-0.4, -0.2) is 86.1 Å². The highest BCUT2D eigenvalue weighted by Gasteiger charge is 2.49. The van der Waals surface area contributed by atoms with Crippen molar-refractivity contribution >= 4 is 32.4 Å². The third-order valence-corrected chi connectivity index (χ3v) is 10.0. The molecule has 45 heavy (non-hydrogen) atoms. The zero-order valence-corrected chi connectivity index (χ0v) is 25.3. The molecule has 0 amide bonds. The predicted octanol–water partition coefficient (Wildman–Crippen LogP) is 4.72. The monoisotopic (exact) mass is 652 g/mol. The Balaban J connectivity index is 1.34. The summed E-state index contributed by atoms with van der Waals surface area (Å²) < 4.78 is 105. The summed E-state index contributed by atoms with van der Waals surface area (Å²) in [5.74, 6) is -0.607. The van der Waals surface area contributed by atoms with Gasteiger partial charge in [0.15, 0.2) is 5.82 Å². The van der Waals surface area contributed by atoms with Gasteiger partial charge in [-0.3, -0.25) is 9.62 Å². The van der Waals surface area contributed by atoms with Crippen LogP contribution >= 0.6 is 0 Å². The molecular formula is C30H33F5N6O3S. The fourth-order valence-electron chi connectivity index (χ4n) is 7.55. The van der Waals surface area contributed by atoms with E-state index in [-0.39, 0.29) is 35.9 Å². The number of anilines is 2. The molecule has 3 aromatic rings. The third-order valence-electron chi connectivity index (χ3n) is 9.43. The van der Waals surface area contributed by atoms with Crippen molar-refractivity contribution in [3.8, 4) is 17.1 Å². The molecular weight excluding hydrogens is 619 g/mol. The van der Waals surface area contributed by atoms with Gasteiger partial charge in [-0.25, -0.2) is 17.2 Å². The zero-order chi connectivity index (χ0) is 31.7. The zero-order valence-electron chi connectivity index (χ0n) is 24.5. The topological polar surface area (TPSA) is 99.7 Å². The molecule has 4 fully saturated rings. The van der Waals surface area contributed by atoms with Crippen LogP contribution < -0.4 is 19.7 Å². The molecule has 2 aromatic carbocycles. The van der Waals surface area contributed by atoms with Crippen molar-refractivity contribution in [1.29, 1.82) is 0 Å². The van der Waals surface area contributed by atoms with Crippen LogP contribution in [0.4, 0.5) is 33.5 Å². The molecule has 4 atom stereocenters. The summed E-state index contributed by atoms with van der Waals surface area (Å²) in [5.41, 5.74) is -2.96. The molecule has 2 N–H and O–H groups in total. The number of fused-ring (bicyclic) bond motifs is 4. The summed E-state index contributed by atoms with van der Waals surface area (Å²) >= 11 is 0. The van der Waals surface area contributed by atoms with Crippen LogP contribution in [0.5, 0.6) is 6.01 Å². The fourth-order valence-corrected chi connectivity index (χ4v) is 8.10. The lowest BCUT2D eigenvalue weighted by Gasteiger charge is -2.34. The quantitative estimate of drug-likeness (QED) is 0.354. The van der Waals surface area contributed by atoms with Gasteiger partial charge in [0.1, 0.15) is 24.1 Å². The first-order chi connectivity index (χ1) is 21.3. The van der Waals surface area contributed by atoms with Crippen LogP contribution in [0.3, 0.4) is 0 Å². The smallest absolute Gasteiger partial charge is 0.417 e. The number of sulfonamides is 1. The van der Waals surface area contributed by atoms with E-state index >= 15 is 4.39 Å². The van der Waals surface area contributed by atoms with Crippen molar-refractivity contribution in [3.63, 3.8) is 0 Å². The predicted molar refractivity (Wildman–Crippen MR) is 159 cm³/mol. The molecule has 0 saturated carbocycles. The van der Waals surface area contributed by atoms with Crippen LogP contribution in [-0.2, 0) is 16.2 Å². The first-order valence-corrected chi connectivity index (χ1v) is 16.9. The number of benzene rings is 2. The molecule has 0 unspecified atom stereocenters. The van der Waals surface area contributed by atoms with Gasteiger partial charge in [-0.1, -0.05) is 6.07 Å². The maximum absolute atomic E-state index is 16.6. The first kappa shape index (κ1) is 30.4. The number of alkyl halides is 4. The van der Waals surface area contributed by atoms with E-state index in [1.54, 1.807) is 0 Å². The van der Waals surface area contributed by atoms with Crippen molar-refractivity contribution in [2.75, 3.05) is 48.7 Å². The van der Waals surface area contributed by atoms with Crippen molar-refractivity contribution in [2.24, 2.45) is 0 Å². The second kappa shape index (κ2) is 10.9. The number of rotatable bonds is 7. The maximum atomic E-state index is 16.6. The van der Waals surface area contributed by atoms with E-state index in [9.17, 15) is 26.0 Å². The summed E-state index contributed by atoms with van der Waals surface area (Å²) in [5, 5.41) is 3.85. The maximum Gasteiger partial charge on any atom is 0.417 e. The summed E-state index contributed by atoms with van der Waals surface area (Å²) in [6.45, 7) is 2.38. The molecule has 4 saturated heterocycles. The van der Waals surface area contributed by atoms with Gasteiger partial charge in [0, 0.05) is 54.8 Å². The lowest BCUT2D eigenvalue weighted by molar-refractivity contribution is -0.137. The molecule has 242 valence electrons. The van der Waals surface area contributed by atoms with E-state index in [2.05, 4.69) is 19.9 Å². The van der Waals surface area contributed by atoms with Crippen LogP contribution in [0.1, 0.15) is 37.7 Å². The van der Waals surface area contributed by atoms with E-state index in [1.807, 2.05) is 4.90 Å². The lowest BCUT2D eigenvalue weighted by Crippen LogP contribution is -2.51. The highest BCUT2D eigenvalue weighted by atomic mass is 32.2. The Labute approximate surface area is 257 Å². The molecule has 0 spiro atoms. The molecule has 7 rings (SSSR count). The Morgan fingerprint density at radius 3 is 2.56 bits per heavy atom. The number of nitrogens with one attached hydrogen (secondary N) is 2. The van der Waals surface area contributed by atoms with E-state index in [1.165, 1.54) is 12.1 Å². The number of piperazine rings is 1. The van der Waals surface area contributed by atoms with Gasteiger partial charge in [0.25, 0.3) is 0 Å². The summed E-state index contributed by atoms with van der Waals surface area (Å²) in [6.07, 6.45) is -1.05. The van der Waals surface area contributed by atoms with Gasteiger partial charge in [-0.15, -0.1) is 0 Å². The van der Waals surface area contributed by atoms with E-state index in [0.717, 1.165) is 56.7 Å². The Morgan fingerprint density at radius 2 is 1.84 bits per heavy atom. The molecule has 4 aliphatic rings. The van der Waals surface area contributed by atoms with Gasteiger partial charge in [0.05, 0.1) is 17.4 Å². The Bertz CT molecular complexity index is 1750. The number of nitrogens with zero attached hydrogens (tertiary/aromatic N) is 4. The number of aromatic nitrogens is 2. The molecule has 4 aliphatic heterocycles. The minimum atomic E-state index is -4.85. The van der Waals surface area contributed by atoms with Crippen LogP contribution in [0, 0.1) is 5.82 Å². The SMILES string of the molecule is CS(=O)(=O)Nc1ccc(C(F)(F)F)c(-c2ccc3c(N4C[C@H]5CC[C@@H](C4)N5)nc(OC[C@@]45CCCN4C[C@H](F)C5)nc3c2F)c1. The lowest BCUT2D eigenvalue weighted by atomic mass is 9.95. The van der Waals surface area contributed by atoms with E-state index in [0.29, 0.717) is 37.3 Å². The highest BCUT2D eigenvalue weighted by molar-refractivity contribution is 7.92. The van der Waals surface area contributed by atoms with Gasteiger partial charge in [-0.05, 0) is 62.1 Å². The number of hydrogen-bond acceptors (Lipinski definition) is 8. The van der Waals surface area contributed by atoms with E-state index in [4.69, 9.17) is 9.72 Å². The average Bonchev–Trinajstić information content (AvgIpc) is 3.60. The summed E-state index contributed by atoms with van der Waals surface area (Å²) in [4.78, 5) is 13.2. The molecule has 2 bridgehead atoms. The number of halogens is 5. The van der Waals surface area contributed by atoms with Gasteiger partial charge in [0.2, 0.25) is 10.0 Å². The van der Waals surface area contributed by atoms with Crippen molar-refractivity contribution < 1.29 is 35.1 Å². The normalized spacial score (nSPS) is 26.9. The largest absolute Gasteiger partial charge is 0.461 e. The third kappa shape index (κ3) is 5.78. The Hall–Kier alpha value is -3.30. The van der Waals surface area contributed by atoms with Crippen molar-refractivity contribution in [2.45, 2.75) is 62.1 Å².